The number of aromatic nitrogens is 1. The summed E-state index contributed by atoms with van der Waals surface area (Å²) in [6.07, 6.45) is 3.77. The predicted octanol–water partition coefficient (Wildman–Crippen LogP) is 2.42. The second kappa shape index (κ2) is 4.14. The average Bonchev–Trinajstić information content (AvgIpc) is 2.12. The van der Waals surface area contributed by atoms with Crippen molar-refractivity contribution in [2.45, 2.75) is 6.42 Å². The lowest BCUT2D eigenvalue weighted by atomic mass is 10.1. The zero-order chi connectivity index (χ0) is 9.84. The molecule has 0 aromatic carbocycles. The Labute approximate surface area is 80.1 Å². The number of pyridine rings is 1. The Morgan fingerprint density at radius 3 is 2.92 bits per heavy atom. The number of hydrogen-bond donors (Lipinski definition) is 0. The maximum atomic E-state index is 13.1. The first-order chi connectivity index (χ1) is 6.20. The lowest BCUT2D eigenvalue weighted by Gasteiger charge is -2.02. The molecule has 0 aliphatic heterocycles. The van der Waals surface area contributed by atoms with E-state index >= 15 is 0 Å². The maximum Gasteiger partial charge on any atom is 0.171 e. The molecule has 0 radical (unpaired) electrons. The molecule has 0 fully saturated rings. The number of allylic oxidation sites excluding steroid dienone is 1. The molecule has 1 heterocycles. The van der Waals surface area contributed by atoms with Gasteiger partial charge in [0.05, 0.1) is 5.56 Å². The van der Waals surface area contributed by atoms with Gasteiger partial charge in [0.25, 0.3) is 0 Å². The first kappa shape index (κ1) is 9.86. The standard InChI is InChI=1S/C9H7ClFNO/c1-2-3-6-4-12-9(10)8(11)7(6)5-13/h2,4-5H,1,3H2. The summed E-state index contributed by atoms with van der Waals surface area (Å²) >= 11 is 5.39. The Morgan fingerprint density at radius 2 is 2.38 bits per heavy atom. The monoisotopic (exact) mass is 199 g/mol. The third-order valence-electron chi connectivity index (χ3n) is 1.58. The van der Waals surface area contributed by atoms with E-state index in [1.165, 1.54) is 6.20 Å². The minimum absolute atomic E-state index is 0.0418. The lowest BCUT2D eigenvalue weighted by molar-refractivity contribution is 0.111. The van der Waals surface area contributed by atoms with E-state index in [0.717, 1.165) is 0 Å². The van der Waals surface area contributed by atoms with Crippen LogP contribution in [0.1, 0.15) is 15.9 Å². The van der Waals surface area contributed by atoms with Crippen molar-refractivity contribution in [2.75, 3.05) is 0 Å². The highest BCUT2D eigenvalue weighted by Crippen LogP contribution is 2.18. The van der Waals surface area contributed by atoms with E-state index in [4.69, 9.17) is 11.6 Å². The van der Waals surface area contributed by atoms with E-state index in [1.54, 1.807) is 6.08 Å². The molecule has 0 atom stereocenters. The molecule has 0 bridgehead atoms. The van der Waals surface area contributed by atoms with Gasteiger partial charge in [-0.2, -0.15) is 0 Å². The van der Waals surface area contributed by atoms with Gasteiger partial charge in [0.15, 0.2) is 17.3 Å². The number of halogens is 2. The normalized spacial score (nSPS) is 9.69. The molecule has 4 heteroatoms. The van der Waals surface area contributed by atoms with Crippen molar-refractivity contribution in [1.29, 1.82) is 0 Å². The van der Waals surface area contributed by atoms with Crippen molar-refractivity contribution in [3.8, 4) is 0 Å². The molecule has 1 aromatic rings. The van der Waals surface area contributed by atoms with E-state index < -0.39 is 5.82 Å². The lowest BCUT2D eigenvalue weighted by Crippen LogP contribution is -1.98. The summed E-state index contributed by atoms with van der Waals surface area (Å²) in [7, 11) is 0. The molecule has 13 heavy (non-hydrogen) atoms. The Bertz CT molecular complexity index is 352. The number of nitrogens with zero attached hydrogens (tertiary/aromatic N) is 1. The number of carbonyl (C=O) groups excluding carboxylic acids is 1. The maximum absolute atomic E-state index is 13.1. The van der Waals surface area contributed by atoms with E-state index in [1.807, 2.05) is 0 Å². The molecule has 0 aliphatic carbocycles. The van der Waals surface area contributed by atoms with Crippen molar-refractivity contribution in [2.24, 2.45) is 0 Å². The molecule has 0 amide bonds. The van der Waals surface area contributed by atoms with Crippen LogP contribution < -0.4 is 0 Å². The summed E-state index contributed by atoms with van der Waals surface area (Å²) in [6, 6.07) is 0. The Hall–Kier alpha value is -1.22. The van der Waals surface area contributed by atoms with Crippen molar-refractivity contribution in [3.63, 3.8) is 0 Å². The smallest absolute Gasteiger partial charge is 0.171 e. The summed E-state index contributed by atoms with van der Waals surface area (Å²) < 4.78 is 13.1. The zero-order valence-corrected chi connectivity index (χ0v) is 7.51. The first-order valence-corrected chi connectivity index (χ1v) is 3.97. The quantitative estimate of drug-likeness (QED) is 0.425. The molecule has 0 spiro atoms. The fourth-order valence-corrected chi connectivity index (χ4v) is 1.11. The molecule has 0 N–H and O–H groups in total. The third-order valence-corrected chi connectivity index (χ3v) is 1.84. The largest absolute Gasteiger partial charge is 0.298 e. The van der Waals surface area contributed by atoms with Gasteiger partial charge in [0, 0.05) is 6.20 Å². The summed E-state index contributed by atoms with van der Waals surface area (Å²) in [5, 5.41) is -0.282. The van der Waals surface area contributed by atoms with Gasteiger partial charge in [-0.25, -0.2) is 9.37 Å². The summed E-state index contributed by atoms with van der Waals surface area (Å²) in [5.74, 6) is -0.768. The molecular formula is C9H7ClFNO. The summed E-state index contributed by atoms with van der Waals surface area (Å²) in [6.45, 7) is 3.48. The number of rotatable bonds is 3. The van der Waals surface area contributed by atoms with Gasteiger partial charge >= 0.3 is 0 Å². The molecule has 0 saturated carbocycles. The highest BCUT2D eigenvalue weighted by atomic mass is 35.5. The molecule has 0 saturated heterocycles. The van der Waals surface area contributed by atoms with Crippen LogP contribution in [0.15, 0.2) is 18.9 Å². The van der Waals surface area contributed by atoms with Gasteiger partial charge in [0.1, 0.15) is 0 Å². The van der Waals surface area contributed by atoms with E-state index in [9.17, 15) is 9.18 Å². The van der Waals surface area contributed by atoms with Crippen LogP contribution in [-0.4, -0.2) is 11.3 Å². The van der Waals surface area contributed by atoms with Crippen LogP contribution in [0.4, 0.5) is 4.39 Å². The van der Waals surface area contributed by atoms with E-state index in [2.05, 4.69) is 11.6 Å². The molecule has 0 unspecified atom stereocenters. The molecule has 68 valence electrons. The highest BCUT2D eigenvalue weighted by molar-refractivity contribution is 6.29. The molecular weight excluding hydrogens is 193 g/mol. The Morgan fingerprint density at radius 1 is 1.69 bits per heavy atom. The van der Waals surface area contributed by atoms with Crippen LogP contribution in [0.5, 0.6) is 0 Å². The van der Waals surface area contributed by atoms with E-state index in [-0.39, 0.29) is 10.7 Å². The van der Waals surface area contributed by atoms with Crippen LogP contribution in [0.25, 0.3) is 0 Å². The summed E-state index contributed by atoms with van der Waals surface area (Å²) in [4.78, 5) is 14.1. The molecule has 1 rings (SSSR count). The highest BCUT2D eigenvalue weighted by Gasteiger charge is 2.11. The van der Waals surface area contributed by atoms with Gasteiger partial charge in [-0.05, 0) is 12.0 Å². The van der Waals surface area contributed by atoms with Crippen LogP contribution in [0, 0.1) is 5.82 Å². The average molecular weight is 200 g/mol. The second-order valence-corrected chi connectivity index (χ2v) is 2.77. The topological polar surface area (TPSA) is 30.0 Å². The van der Waals surface area contributed by atoms with Crippen LogP contribution in [-0.2, 0) is 6.42 Å². The Balaban J connectivity index is 3.28. The van der Waals surface area contributed by atoms with Crippen molar-refractivity contribution in [1.82, 2.24) is 4.98 Å². The summed E-state index contributed by atoms with van der Waals surface area (Å²) in [5.41, 5.74) is 0.451. The van der Waals surface area contributed by atoms with Crippen LogP contribution in [0.3, 0.4) is 0 Å². The van der Waals surface area contributed by atoms with Gasteiger partial charge < -0.3 is 0 Å². The molecule has 2 nitrogen and oxygen atoms in total. The minimum atomic E-state index is -0.768. The SMILES string of the molecule is C=CCc1cnc(Cl)c(F)c1C=O. The third kappa shape index (κ3) is 1.92. The van der Waals surface area contributed by atoms with Crippen molar-refractivity contribution < 1.29 is 9.18 Å². The van der Waals surface area contributed by atoms with Gasteiger partial charge in [-0.15, -0.1) is 6.58 Å². The Kier molecular flexibility index (Phi) is 3.14. The zero-order valence-electron chi connectivity index (χ0n) is 6.76. The number of carbonyl (C=O) groups is 1. The van der Waals surface area contributed by atoms with Gasteiger partial charge in [-0.1, -0.05) is 17.7 Å². The second-order valence-electron chi connectivity index (χ2n) is 2.41. The van der Waals surface area contributed by atoms with E-state index in [0.29, 0.717) is 18.3 Å². The first-order valence-electron chi connectivity index (χ1n) is 3.59. The van der Waals surface area contributed by atoms with Gasteiger partial charge in [0.2, 0.25) is 0 Å². The number of hydrogen-bond acceptors (Lipinski definition) is 2. The van der Waals surface area contributed by atoms with Crippen molar-refractivity contribution in [3.05, 3.63) is 40.9 Å². The fraction of sp³-hybridized carbons (Fsp3) is 0.111. The minimum Gasteiger partial charge on any atom is -0.298 e. The van der Waals surface area contributed by atoms with Crippen LogP contribution in [0.2, 0.25) is 5.15 Å². The molecule has 1 aromatic heterocycles. The number of aldehydes is 1. The fourth-order valence-electron chi connectivity index (χ4n) is 0.958. The van der Waals surface area contributed by atoms with Crippen molar-refractivity contribution >= 4 is 17.9 Å². The predicted molar refractivity (Wildman–Crippen MR) is 48.5 cm³/mol. The molecule has 0 aliphatic rings. The van der Waals surface area contributed by atoms with Gasteiger partial charge in [-0.3, -0.25) is 4.79 Å². The van der Waals surface area contributed by atoms with Crippen LogP contribution >= 0.6 is 11.6 Å².